The molecule has 0 radical (unpaired) electrons. The highest BCUT2D eigenvalue weighted by molar-refractivity contribution is 5.90. The first kappa shape index (κ1) is 18.1. The Morgan fingerprint density at radius 1 is 0.833 bits per heavy atom. The lowest BCUT2D eigenvalue weighted by Crippen LogP contribution is -1.87. The van der Waals surface area contributed by atoms with Crippen LogP contribution in [0.2, 0.25) is 0 Å². The molecule has 144 valence electrons. The van der Waals surface area contributed by atoms with Crippen molar-refractivity contribution in [1.29, 1.82) is 5.26 Å². The maximum absolute atomic E-state index is 9.96. The Balaban J connectivity index is 1.62. The Kier molecular flexibility index (Phi) is 4.75. The molecule has 0 saturated carbocycles. The fraction of sp³-hybridized carbons (Fsp3) is 0.111. The molecule has 1 aromatic heterocycles. The van der Waals surface area contributed by atoms with Gasteiger partial charge >= 0.3 is 0 Å². The van der Waals surface area contributed by atoms with E-state index in [9.17, 15) is 5.26 Å². The summed E-state index contributed by atoms with van der Waals surface area (Å²) in [6, 6.07) is 28.5. The lowest BCUT2D eigenvalue weighted by molar-refractivity contribution is 0.593. The third kappa shape index (κ3) is 3.33. The van der Waals surface area contributed by atoms with Crippen molar-refractivity contribution in [1.82, 2.24) is 0 Å². The van der Waals surface area contributed by atoms with Crippen molar-refractivity contribution < 1.29 is 4.42 Å². The Morgan fingerprint density at radius 3 is 2.27 bits per heavy atom. The summed E-state index contributed by atoms with van der Waals surface area (Å²) in [6.45, 7) is 0. The topological polar surface area (TPSA) is 49.3 Å². The van der Waals surface area contributed by atoms with E-state index in [1.54, 1.807) is 6.21 Å². The van der Waals surface area contributed by atoms with Crippen LogP contribution in [0.25, 0.3) is 22.5 Å². The average molecular weight is 388 g/mol. The van der Waals surface area contributed by atoms with Gasteiger partial charge in [0.15, 0.2) is 0 Å². The molecule has 0 aliphatic heterocycles. The van der Waals surface area contributed by atoms with Gasteiger partial charge in [0, 0.05) is 17.3 Å². The van der Waals surface area contributed by atoms with Gasteiger partial charge in [-0.25, -0.2) is 4.99 Å². The first-order valence-corrected chi connectivity index (χ1v) is 10.2. The Bertz CT molecular complexity index is 1260. The van der Waals surface area contributed by atoms with Crippen molar-refractivity contribution in [3.8, 4) is 28.5 Å². The van der Waals surface area contributed by atoms with E-state index in [0.29, 0.717) is 17.2 Å². The Hall–Kier alpha value is -3.90. The van der Waals surface area contributed by atoms with Crippen molar-refractivity contribution in [2.45, 2.75) is 19.3 Å². The van der Waals surface area contributed by atoms with Crippen LogP contribution in [0.4, 0.5) is 5.88 Å². The van der Waals surface area contributed by atoms with E-state index >= 15 is 0 Å². The second-order valence-electron chi connectivity index (χ2n) is 7.47. The molecule has 1 heterocycles. The third-order valence-corrected chi connectivity index (χ3v) is 5.55. The number of aliphatic imine (C=N–C) groups is 1. The van der Waals surface area contributed by atoms with Crippen LogP contribution in [0.3, 0.4) is 0 Å². The zero-order valence-electron chi connectivity index (χ0n) is 16.5. The number of furan rings is 1. The van der Waals surface area contributed by atoms with Gasteiger partial charge in [0.05, 0.1) is 0 Å². The smallest absolute Gasteiger partial charge is 0.238 e. The van der Waals surface area contributed by atoms with Crippen LogP contribution in [-0.2, 0) is 12.8 Å². The number of aryl methyl sites for hydroxylation is 2. The number of nitrogens with zero attached hydrogens (tertiary/aromatic N) is 2. The summed E-state index contributed by atoms with van der Waals surface area (Å²) in [5.74, 6) is 1.01. The van der Waals surface area contributed by atoms with Crippen LogP contribution in [-0.4, -0.2) is 6.21 Å². The maximum atomic E-state index is 9.96. The van der Waals surface area contributed by atoms with E-state index in [2.05, 4.69) is 29.3 Å². The summed E-state index contributed by atoms with van der Waals surface area (Å²) in [5, 5.41) is 9.96. The van der Waals surface area contributed by atoms with Gasteiger partial charge in [-0.1, -0.05) is 72.8 Å². The summed E-state index contributed by atoms with van der Waals surface area (Å²) in [5.41, 5.74) is 6.96. The molecule has 0 fully saturated rings. The van der Waals surface area contributed by atoms with Crippen molar-refractivity contribution in [2.24, 2.45) is 4.99 Å². The molecule has 1 aliphatic rings. The lowest BCUT2D eigenvalue weighted by atomic mass is 9.98. The quantitative estimate of drug-likeness (QED) is 0.364. The van der Waals surface area contributed by atoms with E-state index in [1.165, 1.54) is 17.5 Å². The molecular formula is C27H20N2O. The molecule has 1 aliphatic carbocycles. The standard InChI is InChI=1S/C27H20N2O/c28-17-24-25(21-8-3-1-4-9-21)26(22-10-5-2-6-11-22)30-27(24)29-18-19-14-15-20-12-7-13-23(20)16-19/h1-6,8-11,14-16,18H,7,12-13H2/b29-18+. The SMILES string of the molecule is N#Cc1c(/N=C/c2ccc3c(c2)CCC3)oc(-c2ccccc2)c1-c1ccccc1. The number of rotatable bonds is 4. The summed E-state index contributed by atoms with van der Waals surface area (Å²) < 4.78 is 6.17. The zero-order chi connectivity index (χ0) is 20.3. The minimum absolute atomic E-state index is 0.343. The van der Waals surface area contributed by atoms with Crippen LogP contribution < -0.4 is 0 Å². The molecule has 0 unspecified atom stereocenters. The van der Waals surface area contributed by atoms with E-state index in [1.807, 2.05) is 60.7 Å². The summed E-state index contributed by atoms with van der Waals surface area (Å²) in [6.07, 6.45) is 5.29. The normalized spacial score (nSPS) is 12.8. The fourth-order valence-corrected chi connectivity index (χ4v) is 4.09. The molecule has 0 atom stereocenters. The minimum Gasteiger partial charge on any atom is -0.436 e. The van der Waals surface area contributed by atoms with E-state index < -0.39 is 0 Å². The highest BCUT2D eigenvalue weighted by Crippen LogP contribution is 2.42. The molecule has 5 rings (SSSR count). The summed E-state index contributed by atoms with van der Waals surface area (Å²) in [7, 11) is 0. The highest BCUT2D eigenvalue weighted by atomic mass is 16.4. The van der Waals surface area contributed by atoms with Gasteiger partial charge in [0.1, 0.15) is 17.4 Å². The molecule has 0 bridgehead atoms. The van der Waals surface area contributed by atoms with Gasteiger partial charge < -0.3 is 4.42 Å². The van der Waals surface area contributed by atoms with Crippen LogP contribution in [0.1, 0.15) is 28.7 Å². The Labute approximate surface area is 176 Å². The number of fused-ring (bicyclic) bond motifs is 1. The predicted molar refractivity (Wildman–Crippen MR) is 120 cm³/mol. The molecule has 30 heavy (non-hydrogen) atoms. The molecule has 3 heteroatoms. The largest absolute Gasteiger partial charge is 0.436 e. The van der Waals surface area contributed by atoms with E-state index in [-0.39, 0.29) is 0 Å². The molecule has 0 amide bonds. The summed E-state index contributed by atoms with van der Waals surface area (Å²) in [4.78, 5) is 4.59. The minimum atomic E-state index is 0.343. The van der Waals surface area contributed by atoms with Gasteiger partial charge in [-0.15, -0.1) is 0 Å². The number of hydrogen-bond donors (Lipinski definition) is 0. The van der Waals surface area contributed by atoms with Crippen molar-refractivity contribution in [3.63, 3.8) is 0 Å². The van der Waals surface area contributed by atoms with Crippen LogP contribution >= 0.6 is 0 Å². The molecule has 0 N–H and O–H groups in total. The van der Waals surface area contributed by atoms with Gasteiger partial charge in [0.2, 0.25) is 5.88 Å². The monoisotopic (exact) mass is 388 g/mol. The number of benzene rings is 3. The average Bonchev–Trinajstić information content (AvgIpc) is 3.42. The van der Waals surface area contributed by atoms with Crippen molar-refractivity contribution in [3.05, 3.63) is 101 Å². The lowest BCUT2D eigenvalue weighted by Gasteiger charge is -2.03. The molecule has 3 aromatic carbocycles. The van der Waals surface area contributed by atoms with E-state index in [0.717, 1.165) is 35.1 Å². The second kappa shape index (κ2) is 7.85. The molecule has 4 aromatic rings. The van der Waals surface area contributed by atoms with Gasteiger partial charge in [-0.3, -0.25) is 0 Å². The first-order valence-electron chi connectivity index (χ1n) is 10.2. The fourth-order valence-electron chi connectivity index (χ4n) is 4.09. The molecule has 0 saturated heterocycles. The van der Waals surface area contributed by atoms with Gasteiger partial charge in [0.25, 0.3) is 0 Å². The molecular weight excluding hydrogens is 368 g/mol. The van der Waals surface area contributed by atoms with Crippen LogP contribution in [0, 0.1) is 11.3 Å². The number of nitriles is 1. The highest BCUT2D eigenvalue weighted by Gasteiger charge is 2.22. The zero-order valence-corrected chi connectivity index (χ0v) is 16.5. The predicted octanol–water partition coefficient (Wildman–Crippen LogP) is 6.72. The second-order valence-corrected chi connectivity index (χ2v) is 7.47. The van der Waals surface area contributed by atoms with Crippen molar-refractivity contribution >= 4 is 12.1 Å². The van der Waals surface area contributed by atoms with Crippen LogP contribution in [0.5, 0.6) is 0 Å². The molecule has 0 spiro atoms. The number of hydrogen-bond acceptors (Lipinski definition) is 3. The first-order chi connectivity index (χ1) is 14.8. The molecule has 3 nitrogen and oxygen atoms in total. The van der Waals surface area contributed by atoms with Crippen LogP contribution in [0.15, 0.2) is 88.3 Å². The van der Waals surface area contributed by atoms with Gasteiger partial charge in [-0.2, -0.15) is 5.26 Å². The maximum Gasteiger partial charge on any atom is 0.238 e. The van der Waals surface area contributed by atoms with Crippen molar-refractivity contribution in [2.75, 3.05) is 0 Å². The Morgan fingerprint density at radius 2 is 1.53 bits per heavy atom. The van der Waals surface area contributed by atoms with Gasteiger partial charge in [-0.05, 0) is 47.6 Å². The summed E-state index contributed by atoms with van der Waals surface area (Å²) >= 11 is 0. The van der Waals surface area contributed by atoms with E-state index in [4.69, 9.17) is 4.42 Å². The third-order valence-electron chi connectivity index (χ3n) is 5.55.